The first-order valence-corrected chi connectivity index (χ1v) is 35.6. The maximum absolute atomic E-state index is 8.82. The molecule has 0 aromatic heterocycles. The van der Waals surface area contributed by atoms with Gasteiger partial charge in [-0.1, -0.05) is 22.4 Å². The Morgan fingerprint density at radius 3 is 0.833 bits per heavy atom. The molecule has 102 heavy (non-hydrogen) atoms. The molecule has 3 heterocycles. The van der Waals surface area contributed by atoms with Crippen molar-refractivity contribution in [3.8, 4) is 40.6 Å². The minimum Gasteiger partial charge on any atom is -0.494 e. The Hall–Kier alpha value is -9.66. The number of hydrogen-bond acceptors (Lipinski definition) is 21. The van der Waals surface area contributed by atoms with Crippen molar-refractivity contribution in [3.63, 3.8) is 0 Å². The van der Waals surface area contributed by atoms with Gasteiger partial charge in [0.2, 0.25) is 11.8 Å². The summed E-state index contributed by atoms with van der Waals surface area (Å²) in [7, 11) is 2.95. The van der Waals surface area contributed by atoms with Crippen LogP contribution in [0, 0.1) is 28.7 Å². The summed E-state index contributed by atoms with van der Waals surface area (Å²) in [5, 5.41) is 31.9. The fraction of sp³-hybridized carbons (Fsp3) is 0.462. The number of nitrogens with zero attached hydrogens (tertiary/aromatic N) is 10. The number of piperazine rings is 3. The van der Waals surface area contributed by atoms with Crippen LogP contribution in [0.15, 0.2) is 156 Å². The first-order valence-electron chi connectivity index (χ1n) is 35.6. The van der Waals surface area contributed by atoms with Crippen molar-refractivity contribution in [3.05, 3.63) is 185 Å². The standard InChI is InChI=1S/C28H40N4O4.C26H38N6O4.C24H28N4O2/c1-3-33-27(29)23-7-11-25(12-8-23)35-21-5-15-31-17-19-32(20-18-31)16-6-22-36-26-13-9-24(10-14-26)28(30)34-4-2;1-33-29-25(27)21-5-9-23(10-6-21)35-19-3-13-31-15-17-32(18-16-31)14-4-20-36-24-11-7-22(8-12-24)26(28)30-34-2;1-26-22-6-10-24(11-7-22)30-19-3-13-28-16-14-27(15-17-28)12-2-18-29-23-8-4-21(20-25)5-9-23/h7-14,29-30H,3-6,15-22H2,1-2H3;5-12H,3-4,13-20H2,1-2H3,(H2,27,29)(H2,28,30);4-11H,2-3,12-19H2. The van der Waals surface area contributed by atoms with Gasteiger partial charge >= 0.3 is 0 Å². The van der Waals surface area contributed by atoms with Crippen LogP contribution in [0.1, 0.15) is 80.2 Å². The van der Waals surface area contributed by atoms with Crippen LogP contribution in [0.3, 0.4) is 0 Å². The minimum absolute atomic E-state index is 0.196. The van der Waals surface area contributed by atoms with Crippen molar-refractivity contribution in [2.24, 2.45) is 21.8 Å². The molecular weight excluding hydrogens is 1290 g/mol. The molecule has 0 radical (unpaired) electrons. The van der Waals surface area contributed by atoms with Gasteiger partial charge in [0, 0.05) is 140 Å². The Morgan fingerprint density at radius 1 is 0.392 bits per heavy atom. The van der Waals surface area contributed by atoms with E-state index in [0.717, 1.165) is 213 Å². The summed E-state index contributed by atoms with van der Waals surface area (Å²) >= 11 is 0. The molecule has 548 valence electrons. The third kappa shape index (κ3) is 30.3. The minimum atomic E-state index is 0.196. The predicted molar refractivity (Wildman–Crippen MR) is 401 cm³/mol. The van der Waals surface area contributed by atoms with E-state index in [0.29, 0.717) is 75.8 Å². The summed E-state index contributed by atoms with van der Waals surface area (Å²) in [5.41, 5.74) is 16.1. The number of rotatable bonds is 38. The van der Waals surface area contributed by atoms with Gasteiger partial charge < -0.3 is 88.4 Å². The summed E-state index contributed by atoms with van der Waals surface area (Å²) in [6, 6.07) is 46.8. The monoisotopic (exact) mass is 1400 g/mol. The average molecular weight is 1400 g/mol. The Balaban J connectivity index is 0.000000215. The molecule has 3 aliphatic rings. The summed E-state index contributed by atoms with van der Waals surface area (Å²) in [4.78, 5) is 27.8. The zero-order valence-electron chi connectivity index (χ0n) is 60.2. The van der Waals surface area contributed by atoms with Gasteiger partial charge in [0.05, 0.1) is 71.1 Å². The van der Waals surface area contributed by atoms with Crippen LogP contribution in [-0.4, -0.2) is 238 Å². The smallest absolute Gasteiger partial charge is 0.213 e. The van der Waals surface area contributed by atoms with Crippen molar-refractivity contribution < 1.29 is 47.6 Å². The van der Waals surface area contributed by atoms with E-state index in [4.69, 9.17) is 81.7 Å². The first kappa shape index (κ1) is 79.7. The first-order chi connectivity index (χ1) is 49.9. The van der Waals surface area contributed by atoms with Crippen LogP contribution in [0.4, 0.5) is 5.69 Å². The molecule has 0 unspecified atom stereocenters. The molecule has 3 aliphatic heterocycles. The number of benzene rings is 6. The number of nitrogens with two attached hydrogens (primary N) is 2. The average Bonchev–Trinajstić information content (AvgIpc) is 0.922. The summed E-state index contributed by atoms with van der Waals surface area (Å²) in [5.74, 6) is 6.06. The SMILES string of the molecule is CCOC(=N)c1ccc(OCCCN2CCN(CCCOc3ccc(C(=N)OCC)cc3)CC2)cc1.CO/N=C(\N)c1ccc(OCCCN2CCN(CCCOc3ccc(/C(N)=N/OC)cc3)CC2)cc1.[C-]#[N+]c1ccc(OCCCN2CCN(CCCOc3ccc(C#N)cc3)CC2)cc1. The lowest BCUT2D eigenvalue weighted by molar-refractivity contribution is 0.120. The molecule has 3 fully saturated rings. The number of hydrogen-bond donors (Lipinski definition) is 4. The highest BCUT2D eigenvalue weighted by molar-refractivity contribution is 5.97. The molecule has 6 N–H and O–H groups in total. The Morgan fingerprint density at radius 2 is 0.618 bits per heavy atom. The number of amidine groups is 2. The van der Waals surface area contributed by atoms with E-state index in [1.807, 2.05) is 135 Å². The van der Waals surface area contributed by atoms with Crippen LogP contribution in [0.5, 0.6) is 34.5 Å². The quantitative estimate of drug-likeness (QED) is 0.00923. The highest BCUT2D eigenvalue weighted by Gasteiger charge is 2.20. The zero-order valence-corrected chi connectivity index (χ0v) is 60.2. The molecular formula is C78H106N14O10. The molecule has 0 aliphatic carbocycles. The van der Waals surface area contributed by atoms with Gasteiger partial charge in [0.1, 0.15) is 48.7 Å². The zero-order chi connectivity index (χ0) is 72.2. The summed E-state index contributed by atoms with van der Waals surface area (Å²) in [6.45, 7) is 35.2. The van der Waals surface area contributed by atoms with E-state index in [1.54, 1.807) is 24.3 Å². The largest absolute Gasteiger partial charge is 0.494 e. The molecule has 24 heteroatoms. The highest BCUT2D eigenvalue weighted by atomic mass is 16.6. The second-order valence-corrected chi connectivity index (χ2v) is 24.4. The van der Waals surface area contributed by atoms with Gasteiger partial charge in [-0.05, 0) is 186 Å². The third-order valence-electron chi connectivity index (χ3n) is 17.2. The van der Waals surface area contributed by atoms with Gasteiger partial charge in [-0.15, -0.1) is 0 Å². The van der Waals surface area contributed by atoms with Crippen molar-refractivity contribution in [1.29, 1.82) is 16.1 Å². The van der Waals surface area contributed by atoms with Crippen LogP contribution in [-0.2, 0) is 19.1 Å². The molecule has 24 nitrogen and oxygen atoms in total. The van der Waals surface area contributed by atoms with Crippen LogP contribution in [0.25, 0.3) is 4.85 Å². The van der Waals surface area contributed by atoms with Gasteiger partial charge in [0.25, 0.3) is 0 Å². The van der Waals surface area contributed by atoms with E-state index < -0.39 is 0 Å². The lowest BCUT2D eigenvalue weighted by Gasteiger charge is -2.34. The van der Waals surface area contributed by atoms with Crippen molar-refractivity contribution in [2.45, 2.75) is 52.4 Å². The van der Waals surface area contributed by atoms with Crippen molar-refractivity contribution >= 4 is 29.2 Å². The van der Waals surface area contributed by atoms with Gasteiger partial charge in [-0.2, -0.15) is 5.26 Å². The highest BCUT2D eigenvalue weighted by Crippen LogP contribution is 2.21. The summed E-state index contributed by atoms with van der Waals surface area (Å²) in [6.07, 6.45) is 5.97. The molecule has 0 amide bonds. The van der Waals surface area contributed by atoms with E-state index >= 15 is 0 Å². The molecule has 0 bridgehead atoms. The van der Waals surface area contributed by atoms with E-state index in [-0.39, 0.29) is 11.8 Å². The normalized spacial score (nSPS) is 14.8. The molecule has 0 atom stereocenters. The second-order valence-electron chi connectivity index (χ2n) is 24.4. The van der Waals surface area contributed by atoms with Gasteiger partial charge in [-0.25, -0.2) is 4.85 Å². The van der Waals surface area contributed by atoms with E-state index in [2.05, 4.69) is 50.6 Å². The van der Waals surface area contributed by atoms with Gasteiger partial charge in [-0.3, -0.25) is 10.8 Å². The topological polar surface area (TPSA) is 264 Å². The van der Waals surface area contributed by atoms with Gasteiger partial charge in [0.15, 0.2) is 17.4 Å². The number of oxime groups is 2. The molecule has 0 spiro atoms. The van der Waals surface area contributed by atoms with Crippen molar-refractivity contribution in [1.82, 2.24) is 29.4 Å². The molecule has 0 saturated carbocycles. The lowest BCUT2D eigenvalue weighted by Crippen LogP contribution is -2.47. The Bertz CT molecular complexity index is 3230. The maximum atomic E-state index is 8.82. The number of ether oxygens (including phenoxy) is 8. The van der Waals surface area contributed by atoms with E-state index in [1.165, 1.54) is 14.2 Å². The van der Waals surface area contributed by atoms with Crippen LogP contribution in [0.2, 0.25) is 0 Å². The number of nitrogens with one attached hydrogen (secondary N) is 2. The van der Waals surface area contributed by atoms with Crippen LogP contribution < -0.4 is 39.9 Å². The molecule has 6 aromatic rings. The maximum Gasteiger partial charge on any atom is 0.213 e. The number of nitriles is 1. The molecule has 3 saturated heterocycles. The Kier molecular flexibility index (Phi) is 36.5. The fourth-order valence-corrected chi connectivity index (χ4v) is 11.4. The fourth-order valence-electron chi connectivity index (χ4n) is 11.4. The predicted octanol–water partition coefficient (Wildman–Crippen LogP) is 10.3. The van der Waals surface area contributed by atoms with Crippen LogP contribution >= 0.6 is 0 Å². The summed E-state index contributed by atoms with van der Waals surface area (Å²) < 4.78 is 45.4. The molecule has 6 aromatic carbocycles. The lowest BCUT2D eigenvalue weighted by atomic mass is 10.2. The molecule has 9 rings (SSSR count). The van der Waals surface area contributed by atoms with E-state index in [9.17, 15) is 0 Å². The Labute approximate surface area is 603 Å². The second kappa shape index (κ2) is 46.7. The third-order valence-corrected chi connectivity index (χ3v) is 17.2. The van der Waals surface area contributed by atoms with Crippen molar-refractivity contribution in [2.75, 3.05) is 185 Å².